The summed E-state index contributed by atoms with van der Waals surface area (Å²) in [6.45, 7) is 0.0916. The molecule has 0 aromatic heterocycles. The molecule has 39 heavy (non-hydrogen) atoms. The SMILES string of the molecule is COc1cccc(S(=O)(=O)Nc2ccc3c(c2)[C@H]2C[C@H](CC(=O)NCc4ccc(Cl)cc4)O[C@H](CO)[C@H]2O3)c1. The highest BCUT2D eigenvalue weighted by Gasteiger charge is 2.46. The second kappa shape index (κ2) is 11.4. The fourth-order valence-electron chi connectivity index (χ4n) is 5.02. The maximum absolute atomic E-state index is 13.0. The second-order valence-electron chi connectivity index (χ2n) is 9.55. The Morgan fingerprint density at radius 2 is 1.92 bits per heavy atom. The Morgan fingerprint density at radius 3 is 2.67 bits per heavy atom. The molecule has 3 N–H and O–H groups in total. The van der Waals surface area contributed by atoms with Gasteiger partial charge in [0.25, 0.3) is 10.0 Å². The van der Waals surface area contributed by atoms with E-state index in [4.69, 9.17) is 25.8 Å². The van der Waals surface area contributed by atoms with E-state index in [0.29, 0.717) is 35.2 Å². The molecule has 9 nitrogen and oxygen atoms in total. The summed E-state index contributed by atoms with van der Waals surface area (Å²) >= 11 is 5.92. The molecule has 0 spiro atoms. The third-order valence-electron chi connectivity index (χ3n) is 6.92. The Hall–Kier alpha value is -3.31. The Bertz CT molecular complexity index is 1450. The maximum Gasteiger partial charge on any atom is 0.262 e. The van der Waals surface area contributed by atoms with Gasteiger partial charge in [0.15, 0.2) is 0 Å². The molecule has 11 heteroatoms. The fourth-order valence-corrected chi connectivity index (χ4v) is 6.23. The lowest BCUT2D eigenvalue weighted by Gasteiger charge is -2.37. The van der Waals surface area contributed by atoms with E-state index < -0.39 is 28.3 Å². The molecule has 206 valence electrons. The van der Waals surface area contributed by atoms with Gasteiger partial charge >= 0.3 is 0 Å². The normalized spacial score (nSPS) is 21.8. The highest BCUT2D eigenvalue weighted by atomic mass is 35.5. The number of aliphatic hydroxyl groups is 1. The Morgan fingerprint density at radius 1 is 1.13 bits per heavy atom. The number of amides is 1. The zero-order valence-corrected chi connectivity index (χ0v) is 22.7. The predicted octanol–water partition coefficient (Wildman–Crippen LogP) is 3.85. The molecular weight excluding hydrogens is 544 g/mol. The number of fused-ring (bicyclic) bond motifs is 3. The van der Waals surface area contributed by atoms with Crippen LogP contribution in [0.3, 0.4) is 0 Å². The van der Waals surface area contributed by atoms with Gasteiger partial charge in [0, 0.05) is 34.8 Å². The molecule has 2 aliphatic heterocycles. The number of hydrogen-bond acceptors (Lipinski definition) is 7. The van der Waals surface area contributed by atoms with Crippen molar-refractivity contribution in [3.8, 4) is 11.5 Å². The first-order valence-corrected chi connectivity index (χ1v) is 14.4. The van der Waals surface area contributed by atoms with Gasteiger partial charge in [-0.3, -0.25) is 9.52 Å². The van der Waals surface area contributed by atoms with Gasteiger partial charge in [0.1, 0.15) is 23.7 Å². The number of sulfonamides is 1. The fraction of sp³-hybridized carbons (Fsp3) is 0.321. The number of carbonyl (C=O) groups is 1. The number of nitrogens with one attached hydrogen (secondary N) is 2. The predicted molar refractivity (Wildman–Crippen MR) is 146 cm³/mol. The average Bonchev–Trinajstić information content (AvgIpc) is 3.30. The summed E-state index contributed by atoms with van der Waals surface area (Å²) in [6.07, 6.45) is -0.912. The summed E-state index contributed by atoms with van der Waals surface area (Å²) in [5.74, 6) is 0.679. The molecular formula is C28H29ClN2O7S. The van der Waals surface area contributed by atoms with Crippen LogP contribution in [0.4, 0.5) is 5.69 Å². The van der Waals surface area contributed by atoms with E-state index >= 15 is 0 Å². The van der Waals surface area contributed by atoms with E-state index in [2.05, 4.69) is 10.0 Å². The first kappa shape index (κ1) is 27.3. The van der Waals surface area contributed by atoms with Crippen molar-refractivity contribution < 1.29 is 32.5 Å². The molecule has 0 unspecified atom stereocenters. The van der Waals surface area contributed by atoms with E-state index in [9.17, 15) is 18.3 Å². The Kier molecular flexibility index (Phi) is 7.99. The zero-order chi connectivity index (χ0) is 27.6. The molecule has 0 bridgehead atoms. The highest BCUT2D eigenvalue weighted by Crippen LogP contribution is 2.47. The Labute approximate surface area is 232 Å². The van der Waals surface area contributed by atoms with E-state index in [1.54, 1.807) is 42.5 Å². The van der Waals surface area contributed by atoms with Crippen molar-refractivity contribution in [1.82, 2.24) is 5.32 Å². The third-order valence-corrected chi connectivity index (χ3v) is 8.55. The highest BCUT2D eigenvalue weighted by molar-refractivity contribution is 7.92. The topological polar surface area (TPSA) is 123 Å². The van der Waals surface area contributed by atoms with Crippen molar-refractivity contribution in [2.45, 2.75) is 48.5 Å². The van der Waals surface area contributed by atoms with Crippen LogP contribution in [0.25, 0.3) is 0 Å². The number of hydrogen-bond donors (Lipinski definition) is 3. The maximum atomic E-state index is 13.0. The average molecular weight is 573 g/mol. The minimum Gasteiger partial charge on any atom is -0.497 e. The van der Waals surface area contributed by atoms with E-state index in [1.807, 2.05) is 12.1 Å². The summed E-state index contributed by atoms with van der Waals surface area (Å²) in [4.78, 5) is 12.8. The monoisotopic (exact) mass is 572 g/mol. The van der Waals surface area contributed by atoms with Crippen LogP contribution in [-0.4, -0.2) is 51.5 Å². The van der Waals surface area contributed by atoms with Crippen LogP contribution in [0.5, 0.6) is 11.5 Å². The molecule has 0 radical (unpaired) electrons. The number of rotatable bonds is 9. The number of halogens is 1. The van der Waals surface area contributed by atoms with E-state index in [0.717, 1.165) is 11.1 Å². The minimum atomic E-state index is -3.86. The van der Waals surface area contributed by atoms with Gasteiger partial charge in [-0.1, -0.05) is 29.8 Å². The molecule has 5 rings (SSSR count). The van der Waals surface area contributed by atoms with Crippen LogP contribution in [0.1, 0.15) is 29.9 Å². The molecule has 3 aromatic carbocycles. The lowest BCUT2D eigenvalue weighted by Crippen LogP contribution is -2.47. The zero-order valence-electron chi connectivity index (χ0n) is 21.2. The molecule has 4 atom stereocenters. The lowest BCUT2D eigenvalue weighted by atomic mass is 9.84. The molecule has 2 heterocycles. The van der Waals surface area contributed by atoms with Gasteiger partial charge in [0.05, 0.1) is 31.1 Å². The van der Waals surface area contributed by atoms with Gasteiger partial charge < -0.3 is 24.6 Å². The molecule has 1 fully saturated rings. The number of anilines is 1. The largest absolute Gasteiger partial charge is 0.497 e. The number of aliphatic hydroxyl groups excluding tert-OH is 1. The first-order chi connectivity index (χ1) is 18.8. The van der Waals surface area contributed by atoms with E-state index in [1.165, 1.54) is 19.2 Å². The van der Waals surface area contributed by atoms with Crippen molar-refractivity contribution in [3.63, 3.8) is 0 Å². The van der Waals surface area contributed by atoms with Crippen LogP contribution in [0.2, 0.25) is 5.02 Å². The standard InChI is InChI=1S/C28H29ClN2O7S/c1-36-20-3-2-4-22(12-20)39(34,35)31-19-9-10-25-23(11-19)24-13-21(37-26(16-32)28(24)38-25)14-27(33)30-15-17-5-7-18(29)8-6-17/h2-12,21,24,26,28,31-32H,13-16H2,1H3,(H,30,33)/t21-,24-,26-,28+/m1/s1. The van der Waals surface area contributed by atoms with Crippen molar-refractivity contribution in [2.24, 2.45) is 0 Å². The molecule has 0 aliphatic carbocycles. The second-order valence-corrected chi connectivity index (χ2v) is 11.7. The van der Waals surface area contributed by atoms with Crippen molar-refractivity contribution in [3.05, 3.63) is 82.9 Å². The third kappa shape index (κ3) is 6.14. The van der Waals surface area contributed by atoms with Gasteiger partial charge in [-0.25, -0.2) is 8.42 Å². The Balaban J connectivity index is 1.28. The molecule has 3 aromatic rings. The van der Waals surface area contributed by atoms with Gasteiger partial charge in [-0.05, 0) is 54.4 Å². The van der Waals surface area contributed by atoms with Gasteiger partial charge in [-0.2, -0.15) is 0 Å². The lowest BCUT2D eigenvalue weighted by molar-refractivity contribution is -0.142. The molecule has 1 saturated heterocycles. The molecule has 2 aliphatic rings. The summed E-state index contributed by atoms with van der Waals surface area (Å²) in [7, 11) is -2.39. The van der Waals surface area contributed by atoms with Crippen molar-refractivity contribution in [1.29, 1.82) is 0 Å². The number of carbonyl (C=O) groups excluding carboxylic acids is 1. The number of methoxy groups -OCH3 is 1. The summed E-state index contributed by atoms with van der Waals surface area (Å²) in [5, 5.41) is 13.5. The van der Waals surface area contributed by atoms with Crippen molar-refractivity contribution in [2.75, 3.05) is 18.4 Å². The van der Waals surface area contributed by atoms with E-state index in [-0.39, 0.29) is 29.7 Å². The number of ether oxygens (including phenoxy) is 3. The van der Waals surface area contributed by atoms with Crippen LogP contribution in [0.15, 0.2) is 71.6 Å². The smallest absolute Gasteiger partial charge is 0.262 e. The van der Waals surface area contributed by atoms with Crippen LogP contribution < -0.4 is 19.5 Å². The summed E-state index contributed by atoms with van der Waals surface area (Å²) < 4.78 is 45.9. The molecule has 0 saturated carbocycles. The molecule has 1 amide bonds. The quantitative estimate of drug-likeness (QED) is 0.356. The van der Waals surface area contributed by atoms with Crippen LogP contribution in [-0.2, 0) is 26.1 Å². The van der Waals surface area contributed by atoms with Crippen molar-refractivity contribution >= 4 is 33.2 Å². The summed E-state index contributed by atoms with van der Waals surface area (Å²) in [6, 6.07) is 18.5. The van der Waals surface area contributed by atoms with Gasteiger partial charge in [-0.15, -0.1) is 0 Å². The minimum absolute atomic E-state index is 0.0764. The summed E-state index contributed by atoms with van der Waals surface area (Å²) in [5.41, 5.74) is 2.11. The van der Waals surface area contributed by atoms with Gasteiger partial charge in [0.2, 0.25) is 5.91 Å². The van der Waals surface area contributed by atoms with Crippen LogP contribution in [0, 0.1) is 0 Å². The number of benzene rings is 3. The van der Waals surface area contributed by atoms with Crippen LogP contribution >= 0.6 is 11.6 Å². The first-order valence-electron chi connectivity index (χ1n) is 12.5.